The maximum absolute atomic E-state index is 13.5. The van der Waals surface area contributed by atoms with Crippen LogP contribution in [0.2, 0.25) is 0 Å². The van der Waals surface area contributed by atoms with Gasteiger partial charge in [0.1, 0.15) is 5.41 Å². The van der Waals surface area contributed by atoms with Gasteiger partial charge in [-0.25, -0.2) is 0 Å². The van der Waals surface area contributed by atoms with Crippen LogP contribution in [0.3, 0.4) is 0 Å². The summed E-state index contributed by atoms with van der Waals surface area (Å²) in [5.41, 5.74) is 4.52. The first-order valence-electron chi connectivity index (χ1n) is 9.11. The van der Waals surface area contributed by atoms with Crippen LogP contribution < -0.4 is 11.1 Å². The number of nitrogens with one attached hydrogen (secondary N) is 1. The van der Waals surface area contributed by atoms with Crippen LogP contribution in [-0.4, -0.2) is 5.91 Å². The van der Waals surface area contributed by atoms with Crippen LogP contribution in [0.1, 0.15) is 31.7 Å². The van der Waals surface area contributed by atoms with E-state index in [2.05, 4.69) is 30.4 Å². The minimum absolute atomic E-state index is 0.0577. The molecule has 0 saturated heterocycles. The molecule has 1 heterocycles. The Kier molecular flexibility index (Phi) is 3.55. The third kappa shape index (κ3) is 1.79. The second-order valence-electron chi connectivity index (χ2n) is 7.85. The van der Waals surface area contributed by atoms with Crippen molar-refractivity contribution in [3.8, 4) is 18.2 Å². The molecule has 27 heavy (non-hydrogen) atoms. The number of hydrogen-bond donors (Lipinski definition) is 2. The van der Waals surface area contributed by atoms with Crippen LogP contribution in [0.25, 0.3) is 0 Å². The smallest absolute Gasteiger partial charge is 0.238 e. The van der Waals surface area contributed by atoms with Crippen molar-refractivity contribution in [1.29, 1.82) is 15.8 Å². The highest BCUT2D eigenvalue weighted by Crippen LogP contribution is 2.64. The van der Waals surface area contributed by atoms with Crippen molar-refractivity contribution in [3.63, 3.8) is 0 Å². The zero-order valence-corrected chi connectivity index (χ0v) is 15.0. The fourth-order valence-electron chi connectivity index (χ4n) is 5.58. The summed E-state index contributed by atoms with van der Waals surface area (Å²) in [5.74, 6) is -0.585. The van der Waals surface area contributed by atoms with Gasteiger partial charge in [-0.3, -0.25) is 4.79 Å². The molecule has 6 heteroatoms. The summed E-state index contributed by atoms with van der Waals surface area (Å²) in [6, 6.07) is 13.5. The van der Waals surface area contributed by atoms with Gasteiger partial charge < -0.3 is 11.1 Å². The van der Waals surface area contributed by atoms with Crippen molar-refractivity contribution in [1.82, 2.24) is 0 Å². The Balaban J connectivity index is 2.15. The number of carbonyl (C=O) groups excluding carboxylic acids is 1. The van der Waals surface area contributed by atoms with E-state index in [0.717, 1.165) is 12.8 Å². The molecule has 1 fully saturated rings. The molecule has 1 spiro atoms. The number of para-hydroxylation sites is 1. The molecule has 2 aliphatic carbocycles. The van der Waals surface area contributed by atoms with E-state index in [-0.39, 0.29) is 23.4 Å². The summed E-state index contributed by atoms with van der Waals surface area (Å²) in [5, 5.41) is 33.0. The molecule has 1 saturated carbocycles. The van der Waals surface area contributed by atoms with E-state index < -0.39 is 10.8 Å². The van der Waals surface area contributed by atoms with E-state index in [4.69, 9.17) is 5.73 Å². The Morgan fingerprint density at radius 3 is 2.56 bits per heavy atom. The Hall–Kier alpha value is -3.30. The van der Waals surface area contributed by atoms with Crippen LogP contribution in [0.15, 0.2) is 35.5 Å². The molecule has 134 valence electrons. The van der Waals surface area contributed by atoms with Crippen molar-refractivity contribution in [2.75, 3.05) is 5.32 Å². The zero-order valence-electron chi connectivity index (χ0n) is 15.0. The fourth-order valence-corrected chi connectivity index (χ4v) is 5.58. The fraction of sp³-hybridized carbons (Fsp3) is 0.429. The van der Waals surface area contributed by atoms with Gasteiger partial charge in [0.25, 0.3) is 0 Å². The van der Waals surface area contributed by atoms with Crippen LogP contribution in [0.5, 0.6) is 0 Å². The normalized spacial score (nSPS) is 33.3. The second-order valence-corrected chi connectivity index (χ2v) is 7.85. The molecule has 1 aromatic rings. The van der Waals surface area contributed by atoms with Gasteiger partial charge in [0.15, 0.2) is 0 Å². The third-order valence-corrected chi connectivity index (χ3v) is 6.74. The highest BCUT2D eigenvalue weighted by atomic mass is 16.2. The average Bonchev–Trinajstić information content (AvgIpc) is 2.97. The van der Waals surface area contributed by atoms with Crippen molar-refractivity contribution < 1.29 is 4.79 Å². The molecular formula is C21H19N5O. The second kappa shape index (κ2) is 5.60. The number of hydrogen-bond acceptors (Lipinski definition) is 5. The Bertz CT molecular complexity index is 991. The number of allylic oxidation sites excluding steroid dienone is 2. The Labute approximate surface area is 157 Å². The van der Waals surface area contributed by atoms with E-state index in [1.165, 1.54) is 0 Å². The van der Waals surface area contributed by atoms with Crippen molar-refractivity contribution >= 4 is 11.6 Å². The summed E-state index contributed by atoms with van der Waals surface area (Å²) in [6.45, 7) is 2.11. The predicted octanol–water partition coefficient (Wildman–Crippen LogP) is 2.71. The molecule has 1 amide bonds. The standard InChI is InChI=1S/C21H19N5O/c1-12-6-7-13-14(9-22)18(25)20(10-23,11-24)21(16(13)8-12)15-4-2-3-5-17(15)26-19(21)27/h2-5,12-13,16H,6-8,25H2,1H3,(H,26,27). The SMILES string of the molecule is CC1CCC2C(C#N)=C(N)C(C#N)(C#N)C3(C(=O)Nc4ccccc43)C2C1. The highest BCUT2D eigenvalue weighted by molar-refractivity contribution is 6.08. The molecule has 1 aliphatic heterocycles. The number of fused-ring (bicyclic) bond motifs is 4. The number of anilines is 1. The summed E-state index contributed by atoms with van der Waals surface area (Å²) in [7, 11) is 0. The molecule has 0 bridgehead atoms. The van der Waals surface area contributed by atoms with Crippen molar-refractivity contribution in [3.05, 3.63) is 41.1 Å². The molecule has 4 atom stereocenters. The van der Waals surface area contributed by atoms with Crippen LogP contribution in [-0.2, 0) is 10.2 Å². The molecule has 4 unspecified atom stereocenters. The van der Waals surface area contributed by atoms with Gasteiger partial charge in [-0.2, -0.15) is 15.8 Å². The molecule has 0 radical (unpaired) electrons. The minimum atomic E-state index is -1.91. The number of benzene rings is 1. The molecule has 3 aliphatic rings. The summed E-state index contributed by atoms with van der Waals surface area (Å²) in [6.07, 6.45) is 2.31. The summed E-state index contributed by atoms with van der Waals surface area (Å²) in [4.78, 5) is 13.5. The zero-order chi connectivity index (χ0) is 19.4. The lowest BCUT2D eigenvalue weighted by molar-refractivity contribution is -0.128. The van der Waals surface area contributed by atoms with E-state index in [9.17, 15) is 20.6 Å². The molecule has 3 N–H and O–H groups in total. The van der Waals surface area contributed by atoms with Gasteiger partial charge in [-0.15, -0.1) is 0 Å². The van der Waals surface area contributed by atoms with Gasteiger partial charge in [-0.05, 0) is 36.3 Å². The number of nitrogens with two attached hydrogens (primary N) is 1. The minimum Gasteiger partial charge on any atom is -0.399 e. The number of nitriles is 3. The summed E-state index contributed by atoms with van der Waals surface area (Å²) < 4.78 is 0. The lowest BCUT2D eigenvalue weighted by Gasteiger charge is -2.53. The van der Waals surface area contributed by atoms with E-state index in [0.29, 0.717) is 29.2 Å². The van der Waals surface area contributed by atoms with Gasteiger partial charge in [0, 0.05) is 11.6 Å². The largest absolute Gasteiger partial charge is 0.399 e. The number of amides is 1. The number of nitrogens with zero attached hydrogens (tertiary/aromatic N) is 3. The number of rotatable bonds is 0. The highest BCUT2D eigenvalue weighted by Gasteiger charge is 2.72. The maximum Gasteiger partial charge on any atom is 0.238 e. The van der Waals surface area contributed by atoms with Gasteiger partial charge in [-0.1, -0.05) is 31.5 Å². The van der Waals surface area contributed by atoms with Crippen LogP contribution >= 0.6 is 0 Å². The first kappa shape index (κ1) is 17.1. The van der Waals surface area contributed by atoms with E-state index >= 15 is 0 Å². The van der Waals surface area contributed by atoms with Crippen LogP contribution in [0.4, 0.5) is 5.69 Å². The van der Waals surface area contributed by atoms with Gasteiger partial charge in [0.2, 0.25) is 11.3 Å². The Morgan fingerprint density at radius 2 is 1.89 bits per heavy atom. The third-order valence-electron chi connectivity index (χ3n) is 6.74. The molecule has 1 aromatic carbocycles. The van der Waals surface area contributed by atoms with Crippen LogP contribution in [0, 0.1) is 57.2 Å². The van der Waals surface area contributed by atoms with Crippen molar-refractivity contribution in [2.24, 2.45) is 28.9 Å². The Morgan fingerprint density at radius 1 is 1.19 bits per heavy atom. The molecule has 0 aromatic heterocycles. The van der Waals surface area contributed by atoms with E-state index in [1.807, 2.05) is 6.07 Å². The predicted molar refractivity (Wildman–Crippen MR) is 97.2 cm³/mol. The van der Waals surface area contributed by atoms with Gasteiger partial charge in [0.05, 0.1) is 29.5 Å². The molecule has 6 nitrogen and oxygen atoms in total. The number of carbonyl (C=O) groups is 1. The molecule has 4 rings (SSSR count). The first-order valence-corrected chi connectivity index (χ1v) is 9.11. The average molecular weight is 357 g/mol. The lowest BCUT2D eigenvalue weighted by atomic mass is 9.45. The first-order chi connectivity index (χ1) is 13.0. The quantitative estimate of drug-likeness (QED) is 0.738. The van der Waals surface area contributed by atoms with Gasteiger partial charge >= 0.3 is 0 Å². The monoisotopic (exact) mass is 357 g/mol. The van der Waals surface area contributed by atoms with E-state index in [1.54, 1.807) is 18.2 Å². The topological polar surface area (TPSA) is 126 Å². The lowest BCUT2D eigenvalue weighted by Crippen LogP contribution is -2.62. The molecular weight excluding hydrogens is 338 g/mol. The van der Waals surface area contributed by atoms with Crippen molar-refractivity contribution in [2.45, 2.75) is 31.6 Å². The summed E-state index contributed by atoms with van der Waals surface area (Å²) >= 11 is 0. The maximum atomic E-state index is 13.5.